The third-order valence-electron chi connectivity index (χ3n) is 1.97. The average Bonchev–Trinajstić information content (AvgIpc) is 2.23. The Morgan fingerprint density at radius 3 is 2.67 bits per heavy atom. The standard InChI is InChI=1S/C10H10ClFO3/c1-5-3-6(4-7(11)8(5)12)9(13)10(14)15-2/h3-4,9,13H,1-2H3. The highest BCUT2D eigenvalue weighted by atomic mass is 35.5. The Labute approximate surface area is 91.4 Å². The van der Waals surface area contributed by atoms with Gasteiger partial charge in [0.2, 0.25) is 0 Å². The van der Waals surface area contributed by atoms with Gasteiger partial charge in [0.1, 0.15) is 5.82 Å². The molecule has 0 aliphatic heterocycles. The van der Waals surface area contributed by atoms with Crippen molar-refractivity contribution in [2.45, 2.75) is 13.0 Å². The normalized spacial score (nSPS) is 12.3. The summed E-state index contributed by atoms with van der Waals surface area (Å²) >= 11 is 5.57. The molecule has 0 aliphatic rings. The molecule has 1 N–H and O–H groups in total. The van der Waals surface area contributed by atoms with E-state index in [0.717, 1.165) is 7.11 Å². The molecule has 1 aromatic rings. The van der Waals surface area contributed by atoms with E-state index in [1.165, 1.54) is 19.1 Å². The molecular weight excluding hydrogens is 223 g/mol. The van der Waals surface area contributed by atoms with E-state index in [9.17, 15) is 14.3 Å². The lowest BCUT2D eigenvalue weighted by atomic mass is 10.1. The van der Waals surface area contributed by atoms with E-state index < -0.39 is 17.9 Å². The van der Waals surface area contributed by atoms with Gasteiger partial charge in [-0.15, -0.1) is 0 Å². The summed E-state index contributed by atoms with van der Waals surface area (Å²) in [6.07, 6.45) is -1.44. The van der Waals surface area contributed by atoms with Gasteiger partial charge in [0.05, 0.1) is 12.1 Å². The highest BCUT2D eigenvalue weighted by Crippen LogP contribution is 2.24. The van der Waals surface area contributed by atoms with E-state index >= 15 is 0 Å². The second-order valence-corrected chi connectivity index (χ2v) is 3.47. The summed E-state index contributed by atoms with van der Waals surface area (Å²) in [7, 11) is 1.16. The number of carbonyl (C=O) groups is 1. The molecule has 82 valence electrons. The Hall–Kier alpha value is -1.13. The van der Waals surface area contributed by atoms with Gasteiger partial charge >= 0.3 is 5.97 Å². The van der Waals surface area contributed by atoms with Crippen LogP contribution in [0.4, 0.5) is 4.39 Å². The number of carbonyl (C=O) groups excluding carboxylic acids is 1. The molecule has 1 rings (SSSR count). The lowest BCUT2D eigenvalue weighted by Gasteiger charge is -2.10. The van der Waals surface area contributed by atoms with E-state index in [-0.39, 0.29) is 16.1 Å². The molecular formula is C10H10ClFO3. The Bertz CT molecular complexity index is 369. The lowest BCUT2D eigenvalue weighted by molar-refractivity contribution is -0.150. The molecule has 1 atom stereocenters. The van der Waals surface area contributed by atoms with Crippen molar-refractivity contribution < 1.29 is 19.0 Å². The van der Waals surface area contributed by atoms with Gasteiger partial charge < -0.3 is 9.84 Å². The topological polar surface area (TPSA) is 46.5 Å². The summed E-state index contributed by atoms with van der Waals surface area (Å²) in [5.41, 5.74) is 0.478. The van der Waals surface area contributed by atoms with Crippen LogP contribution in [-0.2, 0) is 9.53 Å². The van der Waals surface area contributed by atoms with Crippen LogP contribution in [0.15, 0.2) is 12.1 Å². The molecule has 0 bridgehead atoms. The van der Waals surface area contributed by atoms with Crippen molar-refractivity contribution in [1.29, 1.82) is 0 Å². The molecule has 0 saturated carbocycles. The van der Waals surface area contributed by atoms with E-state index in [0.29, 0.717) is 0 Å². The number of benzene rings is 1. The molecule has 3 nitrogen and oxygen atoms in total. The lowest BCUT2D eigenvalue weighted by Crippen LogP contribution is -2.13. The van der Waals surface area contributed by atoms with Crippen molar-refractivity contribution in [3.63, 3.8) is 0 Å². The van der Waals surface area contributed by atoms with Crippen molar-refractivity contribution in [2.75, 3.05) is 7.11 Å². The molecule has 0 fully saturated rings. The Balaban J connectivity index is 3.11. The van der Waals surface area contributed by atoms with Crippen molar-refractivity contribution in [3.05, 3.63) is 34.1 Å². The summed E-state index contributed by atoms with van der Waals surface area (Å²) < 4.78 is 17.5. The van der Waals surface area contributed by atoms with Gasteiger partial charge in [-0.1, -0.05) is 11.6 Å². The number of rotatable bonds is 2. The van der Waals surface area contributed by atoms with Crippen LogP contribution in [0.1, 0.15) is 17.2 Å². The van der Waals surface area contributed by atoms with Crippen molar-refractivity contribution in [1.82, 2.24) is 0 Å². The number of methoxy groups -OCH3 is 1. The Kier molecular flexibility index (Phi) is 3.66. The number of aryl methyl sites for hydroxylation is 1. The predicted octanol–water partition coefficient (Wildman–Crippen LogP) is 1.99. The minimum absolute atomic E-state index is 0.132. The maximum atomic E-state index is 13.1. The van der Waals surface area contributed by atoms with Crippen LogP contribution in [-0.4, -0.2) is 18.2 Å². The minimum atomic E-state index is -1.44. The number of halogens is 2. The van der Waals surface area contributed by atoms with E-state index in [1.807, 2.05) is 0 Å². The van der Waals surface area contributed by atoms with E-state index in [2.05, 4.69) is 4.74 Å². The quantitative estimate of drug-likeness (QED) is 0.794. The van der Waals surface area contributed by atoms with Crippen molar-refractivity contribution in [2.24, 2.45) is 0 Å². The molecule has 1 aromatic carbocycles. The minimum Gasteiger partial charge on any atom is -0.467 e. The van der Waals surface area contributed by atoms with Crippen LogP contribution < -0.4 is 0 Å². The number of hydrogen-bond acceptors (Lipinski definition) is 3. The predicted molar refractivity (Wildman–Crippen MR) is 53.1 cm³/mol. The first-order chi connectivity index (χ1) is 6.97. The number of aliphatic hydroxyl groups is 1. The molecule has 0 amide bonds. The van der Waals surface area contributed by atoms with Gasteiger partial charge in [0.25, 0.3) is 0 Å². The Morgan fingerprint density at radius 2 is 2.20 bits per heavy atom. The van der Waals surface area contributed by atoms with E-state index in [4.69, 9.17) is 11.6 Å². The van der Waals surface area contributed by atoms with Gasteiger partial charge in [-0.05, 0) is 30.2 Å². The van der Waals surface area contributed by atoms with Gasteiger partial charge in [-0.25, -0.2) is 9.18 Å². The summed E-state index contributed by atoms with van der Waals surface area (Å²) in [6, 6.07) is 2.55. The van der Waals surface area contributed by atoms with Crippen LogP contribution in [0.25, 0.3) is 0 Å². The highest BCUT2D eigenvalue weighted by Gasteiger charge is 2.19. The monoisotopic (exact) mass is 232 g/mol. The van der Waals surface area contributed by atoms with Gasteiger partial charge in [-0.3, -0.25) is 0 Å². The second-order valence-electron chi connectivity index (χ2n) is 3.06. The maximum absolute atomic E-state index is 13.1. The maximum Gasteiger partial charge on any atom is 0.339 e. The third kappa shape index (κ3) is 2.46. The molecule has 0 aromatic heterocycles. The van der Waals surface area contributed by atoms with Gasteiger partial charge in [0, 0.05) is 0 Å². The number of ether oxygens (including phenoxy) is 1. The van der Waals surface area contributed by atoms with Crippen molar-refractivity contribution >= 4 is 17.6 Å². The summed E-state index contributed by atoms with van der Waals surface area (Å²) in [5.74, 6) is -1.37. The fourth-order valence-corrected chi connectivity index (χ4v) is 1.43. The van der Waals surface area contributed by atoms with Gasteiger partial charge in [0.15, 0.2) is 6.10 Å². The smallest absolute Gasteiger partial charge is 0.339 e. The molecule has 0 spiro atoms. The third-order valence-corrected chi connectivity index (χ3v) is 2.25. The van der Waals surface area contributed by atoms with Crippen LogP contribution in [0.2, 0.25) is 5.02 Å². The second kappa shape index (κ2) is 4.59. The first-order valence-electron chi connectivity index (χ1n) is 4.18. The average molecular weight is 233 g/mol. The Morgan fingerprint density at radius 1 is 1.60 bits per heavy atom. The zero-order chi connectivity index (χ0) is 11.6. The highest BCUT2D eigenvalue weighted by molar-refractivity contribution is 6.30. The summed E-state index contributed by atoms with van der Waals surface area (Å²) in [5, 5.41) is 9.34. The number of hydrogen-bond donors (Lipinski definition) is 1. The van der Waals surface area contributed by atoms with Crippen LogP contribution in [0.3, 0.4) is 0 Å². The summed E-state index contributed by atoms with van der Waals surface area (Å²) in [6.45, 7) is 1.49. The fourth-order valence-electron chi connectivity index (χ4n) is 1.16. The number of aliphatic hydroxyl groups excluding tert-OH is 1. The van der Waals surface area contributed by atoms with E-state index in [1.54, 1.807) is 0 Å². The van der Waals surface area contributed by atoms with Gasteiger partial charge in [-0.2, -0.15) is 0 Å². The fraction of sp³-hybridized carbons (Fsp3) is 0.300. The summed E-state index contributed by atoms with van der Waals surface area (Å²) in [4.78, 5) is 11.0. The zero-order valence-corrected chi connectivity index (χ0v) is 9.01. The molecule has 0 aliphatic carbocycles. The van der Waals surface area contributed by atoms with Crippen LogP contribution in [0.5, 0.6) is 0 Å². The SMILES string of the molecule is COC(=O)C(O)c1cc(C)c(F)c(Cl)c1. The number of esters is 1. The zero-order valence-electron chi connectivity index (χ0n) is 8.25. The van der Waals surface area contributed by atoms with Crippen molar-refractivity contribution in [3.8, 4) is 0 Å². The molecule has 0 radical (unpaired) electrons. The first-order valence-corrected chi connectivity index (χ1v) is 4.56. The van der Waals surface area contributed by atoms with Crippen LogP contribution >= 0.6 is 11.6 Å². The molecule has 0 saturated heterocycles. The molecule has 0 heterocycles. The van der Waals surface area contributed by atoms with Crippen LogP contribution in [0, 0.1) is 12.7 Å². The molecule has 5 heteroatoms. The molecule has 15 heavy (non-hydrogen) atoms. The largest absolute Gasteiger partial charge is 0.467 e. The molecule has 1 unspecified atom stereocenters. The first kappa shape index (κ1) is 11.9.